The summed E-state index contributed by atoms with van der Waals surface area (Å²) in [6.07, 6.45) is 8.29. The van der Waals surface area contributed by atoms with Crippen LogP contribution in [0.1, 0.15) is 65.6 Å². The smallest absolute Gasteiger partial charge is 0.256 e. The van der Waals surface area contributed by atoms with E-state index in [9.17, 15) is 14.4 Å². The predicted molar refractivity (Wildman–Crippen MR) is 109 cm³/mol. The lowest BCUT2D eigenvalue weighted by Gasteiger charge is -2.36. The molecule has 3 aliphatic rings. The van der Waals surface area contributed by atoms with Gasteiger partial charge in [-0.3, -0.25) is 19.4 Å². The molecule has 0 bridgehead atoms. The van der Waals surface area contributed by atoms with Gasteiger partial charge in [-0.15, -0.1) is 0 Å². The summed E-state index contributed by atoms with van der Waals surface area (Å²) in [5.74, 6) is 0.754. The summed E-state index contributed by atoms with van der Waals surface area (Å²) in [4.78, 5) is 53.8. The molecule has 0 radical (unpaired) electrons. The molecule has 0 aromatic carbocycles. The van der Waals surface area contributed by atoms with E-state index in [0.717, 1.165) is 32.1 Å². The van der Waals surface area contributed by atoms with Gasteiger partial charge in [0.2, 0.25) is 5.91 Å². The highest BCUT2D eigenvalue weighted by molar-refractivity contribution is 5.94. The summed E-state index contributed by atoms with van der Waals surface area (Å²) in [7, 11) is 0. The molecule has 1 saturated heterocycles. The quantitative estimate of drug-likeness (QED) is 0.837. The minimum absolute atomic E-state index is 0.0984. The number of hydrogen-bond acceptors (Lipinski definition) is 5. The Morgan fingerprint density at radius 2 is 2.00 bits per heavy atom. The zero-order valence-corrected chi connectivity index (χ0v) is 16.8. The van der Waals surface area contributed by atoms with Crippen molar-refractivity contribution in [1.82, 2.24) is 24.8 Å². The molecule has 2 fully saturated rings. The Balaban J connectivity index is 1.45. The lowest BCUT2D eigenvalue weighted by Crippen LogP contribution is -2.42. The minimum Gasteiger partial charge on any atom is -0.336 e. The number of hydrogen-bond donors (Lipinski definition) is 1. The highest BCUT2D eigenvalue weighted by atomic mass is 16.2. The van der Waals surface area contributed by atoms with E-state index in [1.54, 1.807) is 29.4 Å². The molecule has 2 aromatic heterocycles. The predicted octanol–water partition coefficient (Wildman–Crippen LogP) is 1.83. The van der Waals surface area contributed by atoms with Crippen LogP contribution in [0.3, 0.4) is 0 Å². The average Bonchev–Trinajstić information content (AvgIpc) is 3.64. The summed E-state index contributed by atoms with van der Waals surface area (Å²) < 4.78 is 0. The molecule has 4 heterocycles. The maximum Gasteiger partial charge on any atom is 0.256 e. The maximum absolute atomic E-state index is 13.1. The highest BCUT2D eigenvalue weighted by Gasteiger charge is 2.36. The van der Waals surface area contributed by atoms with Crippen LogP contribution in [0.2, 0.25) is 0 Å². The molecule has 8 nitrogen and oxygen atoms in total. The van der Waals surface area contributed by atoms with Gasteiger partial charge < -0.3 is 14.8 Å². The van der Waals surface area contributed by atoms with Crippen molar-refractivity contribution in [2.75, 3.05) is 13.1 Å². The number of rotatable bonds is 3. The van der Waals surface area contributed by atoms with E-state index < -0.39 is 0 Å². The Bertz CT molecular complexity index is 1030. The number of aromatic amines is 1. The summed E-state index contributed by atoms with van der Waals surface area (Å²) in [6, 6.07) is 3.22. The number of nitrogens with zero attached hydrogens (tertiary/aromatic N) is 4. The molecule has 1 atom stereocenters. The molecule has 156 valence electrons. The van der Waals surface area contributed by atoms with Crippen LogP contribution in [-0.4, -0.2) is 49.7 Å². The van der Waals surface area contributed by atoms with Crippen molar-refractivity contribution in [3.05, 3.63) is 57.5 Å². The molecular weight excluding hydrogens is 382 g/mol. The largest absolute Gasteiger partial charge is 0.336 e. The summed E-state index contributed by atoms with van der Waals surface area (Å²) >= 11 is 0. The molecule has 30 heavy (non-hydrogen) atoms. The number of H-pyrrole nitrogens is 1. The molecule has 1 N–H and O–H groups in total. The second-order valence-corrected chi connectivity index (χ2v) is 8.41. The van der Waals surface area contributed by atoms with Crippen LogP contribution >= 0.6 is 0 Å². The van der Waals surface area contributed by atoms with E-state index in [1.807, 2.05) is 4.90 Å². The first-order chi connectivity index (χ1) is 14.6. The average molecular weight is 407 g/mol. The molecule has 2 aliphatic heterocycles. The molecule has 1 aliphatic carbocycles. The Morgan fingerprint density at radius 3 is 2.77 bits per heavy atom. The molecule has 8 heteroatoms. The first kappa shape index (κ1) is 19.0. The van der Waals surface area contributed by atoms with Crippen molar-refractivity contribution >= 4 is 11.8 Å². The number of carbonyl (C=O) groups excluding carboxylic acids is 2. The van der Waals surface area contributed by atoms with Gasteiger partial charge in [-0.25, -0.2) is 4.98 Å². The number of pyridine rings is 1. The second kappa shape index (κ2) is 7.66. The van der Waals surface area contributed by atoms with Gasteiger partial charge in [0.1, 0.15) is 5.82 Å². The number of carbonyl (C=O) groups is 2. The van der Waals surface area contributed by atoms with E-state index in [2.05, 4.69) is 9.97 Å². The zero-order valence-electron chi connectivity index (χ0n) is 16.8. The van der Waals surface area contributed by atoms with Gasteiger partial charge in [-0.2, -0.15) is 0 Å². The normalized spacial score (nSPS) is 21.3. The third-order valence-corrected chi connectivity index (χ3v) is 6.32. The number of piperidine rings is 1. The number of aromatic nitrogens is 3. The third kappa shape index (κ3) is 3.51. The van der Waals surface area contributed by atoms with Crippen LogP contribution in [0.4, 0.5) is 0 Å². The van der Waals surface area contributed by atoms with Crippen LogP contribution < -0.4 is 5.56 Å². The van der Waals surface area contributed by atoms with Gasteiger partial charge in [-0.05, 0) is 50.7 Å². The monoisotopic (exact) mass is 407 g/mol. The first-order valence-corrected chi connectivity index (χ1v) is 10.7. The molecule has 0 spiro atoms. The fourth-order valence-electron chi connectivity index (χ4n) is 4.51. The lowest BCUT2D eigenvalue weighted by molar-refractivity contribution is -0.133. The molecular formula is C22H25N5O3. The first-order valence-electron chi connectivity index (χ1n) is 10.7. The summed E-state index contributed by atoms with van der Waals surface area (Å²) in [6.45, 7) is 1.57. The molecule has 2 amide bonds. The van der Waals surface area contributed by atoms with Gasteiger partial charge in [0.05, 0.1) is 23.8 Å². The fraction of sp³-hybridized carbons (Fsp3) is 0.500. The standard InChI is InChI=1S/C22H25N5O3/c28-20-16-8-11-26(21(29)14-6-7-14)13-17(16)24-19(25-20)18-5-1-2-10-27(18)22(30)15-4-3-9-23-12-15/h3-4,9,12,14,18H,1-2,5-8,10-11,13H2,(H,24,25,28)/t18-/m0/s1. The number of nitrogens with one attached hydrogen (secondary N) is 1. The Kier molecular flexibility index (Phi) is 4.84. The number of likely N-dealkylation sites (tertiary alicyclic amines) is 1. The Hall–Kier alpha value is -3.03. The summed E-state index contributed by atoms with van der Waals surface area (Å²) in [5, 5.41) is 0. The van der Waals surface area contributed by atoms with Crippen molar-refractivity contribution in [2.24, 2.45) is 5.92 Å². The van der Waals surface area contributed by atoms with Gasteiger partial charge in [0.15, 0.2) is 0 Å². The zero-order chi connectivity index (χ0) is 20.7. The van der Waals surface area contributed by atoms with E-state index >= 15 is 0 Å². The van der Waals surface area contributed by atoms with Crippen LogP contribution in [0.5, 0.6) is 0 Å². The van der Waals surface area contributed by atoms with Crippen LogP contribution in [-0.2, 0) is 17.8 Å². The Labute approximate surface area is 174 Å². The molecule has 5 rings (SSSR count). The van der Waals surface area contributed by atoms with Crippen LogP contribution in [0, 0.1) is 5.92 Å². The topological polar surface area (TPSA) is 99.3 Å². The van der Waals surface area contributed by atoms with E-state index in [0.29, 0.717) is 48.7 Å². The lowest BCUT2D eigenvalue weighted by atomic mass is 9.99. The van der Waals surface area contributed by atoms with Crippen molar-refractivity contribution in [1.29, 1.82) is 0 Å². The molecule has 2 aromatic rings. The van der Waals surface area contributed by atoms with Crippen molar-refractivity contribution in [2.45, 2.75) is 51.1 Å². The second-order valence-electron chi connectivity index (χ2n) is 8.41. The third-order valence-electron chi connectivity index (χ3n) is 6.32. The van der Waals surface area contributed by atoms with E-state index in [1.165, 1.54) is 0 Å². The van der Waals surface area contributed by atoms with Gasteiger partial charge in [0.25, 0.3) is 11.5 Å². The van der Waals surface area contributed by atoms with E-state index in [4.69, 9.17) is 4.98 Å². The maximum atomic E-state index is 13.1. The summed E-state index contributed by atoms with van der Waals surface area (Å²) in [5.41, 5.74) is 1.73. The number of amides is 2. The fourth-order valence-corrected chi connectivity index (χ4v) is 4.51. The van der Waals surface area contributed by atoms with Crippen molar-refractivity contribution in [3.63, 3.8) is 0 Å². The SMILES string of the molecule is O=C(C1CC1)N1CCc2c(nc([C@@H]3CCCCN3C(=O)c3cccnc3)[nH]c2=O)C1. The van der Waals surface area contributed by atoms with Gasteiger partial charge in [-0.1, -0.05) is 0 Å². The van der Waals surface area contributed by atoms with Gasteiger partial charge >= 0.3 is 0 Å². The Morgan fingerprint density at radius 1 is 1.13 bits per heavy atom. The molecule has 1 saturated carbocycles. The molecule has 0 unspecified atom stereocenters. The van der Waals surface area contributed by atoms with Crippen LogP contribution in [0.25, 0.3) is 0 Å². The highest BCUT2D eigenvalue weighted by Crippen LogP contribution is 2.33. The minimum atomic E-state index is -0.279. The van der Waals surface area contributed by atoms with Gasteiger partial charge in [0, 0.05) is 37.0 Å². The number of fused-ring (bicyclic) bond motifs is 1. The van der Waals surface area contributed by atoms with E-state index in [-0.39, 0.29) is 29.3 Å². The van der Waals surface area contributed by atoms with Crippen LogP contribution in [0.15, 0.2) is 29.3 Å². The van der Waals surface area contributed by atoms with Crippen molar-refractivity contribution < 1.29 is 9.59 Å². The van der Waals surface area contributed by atoms with Crippen molar-refractivity contribution in [3.8, 4) is 0 Å².